The zero-order valence-corrected chi connectivity index (χ0v) is 12.4. The molecular weight excluding hydrogens is 266 g/mol. The first kappa shape index (κ1) is 15.3. The lowest BCUT2D eigenvalue weighted by Crippen LogP contribution is -2.34. The van der Waals surface area contributed by atoms with Crippen LogP contribution in [0.3, 0.4) is 0 Å². The fourth-order valence-corrected chi connectivity index (χ4v) is 2.20. The van der Waals surface area contributed by atoms with Crippen LogP contribution in [0.15, 0.2) is 23.1 Å². The van der Waals surface area contributed by atoms with Crippen LogP contribution in [-0.2, 0) is 14.6 Å². The minimum absolute atomic E-state index is 0.0610. The first-order valence-electron chi connectivity index (χ1n) is 5.64. The predicted molar refractivity (Wildman–Crippen MR) is 75.9 cm³/mol. The Balaban J connectivity index is 3.00. The standard InChI is InChI=1S/C12H19N3O3S/c1-14(2)12(16)8-15(3)11-6-5-9(7-10(11)13)19(4,17)18/h5-7H,8,13H2,1-4H3. The van der Waals surface area contributed by atoms with Crippen molar-refractivity contribution in [2.45, 2.75) is 4.90 Å². The molecule has 0 saturated heterocycles. The maximum atomic E-state index is 11.6. The summed E-state index contributed by atoms with van der Waals surface area (Å²) in [6, 6.07) is 4.49. The highest BCUT2D eigenvalue weighted by atomic mass is 32.2. The molecule has 0 saturated carbocycles. The Morgan fingerprint density at radius 1 is 1.26 bits per heavy atom. The summed E-state index contributed by atoms with van der Waals surface area (Å²) in [7, 11) is 1.80. The molecular formula is C12H19N3O3S. The van der Waals surface area contributed by atoms with Crippen LogP contribution in [0, 0.1) is 0 Å². The van der Waals surface area contributed by atoms with Gasteiger partial charge in [0.25, 0.3) is 0 Å². The number of rotatable bonds is 4. The zero-order valence-electron chi connectivity index (χ0n) is 11.5. The zero-order chi connectivity index (χ0) is 14.8. The van der Waals surface area contributed by atoms with Crippen molar-refractivity contribution >= 4 is 27.1 Å². The first-order valence-corrected chi connectivity index (χ1v) is 7.53. The molecule has 1 amide bonds. The van der Waals surface area contributed by atoms with E-state index in [0.717, 1.165) is 6.26 Å². The van der Waals surface area contributed by atoms with Crippen molar-refractivity contribution in [1.29, 1.82) is 0 Å². The van der Waals surface area contributed by atoms with Crippen LogP contribution in [0.1, 0.15) is 0 Å². The van der Waals surface area contributed by atoms with Gasteiger partial charge in [0.2, 0.25) is 5.91 Å². The molecule has 0 fully saturated rings. The molecule has 2 N–H and O–H groups in total. The van der Waals surface area contributed by atoms with E-state index in [4.69, 9.17) is 5.73 Å². The van der Waals surface area contributed by atoms with Gasteiger partial charge in [0.1, 0.15) is 0 Å². The summed E-state index contributed by atoms with van der Waals surface area (Å²) in [6.45, 7) is 0.176. The topological polar surface area (TPSA) is 83.7 Å². The van der Waals surface area contributed by atoms with Crippen LogP contribution < -0.4 is 10.6 Å². The summed E-state index contributed by atoms with van der Waals surface area (Å²) >= 11 is 0. The Labute approximate surface area is 113 Å². The molecule has 106 valence electrons. The molecule has 0 aromatic heterocycles. The summed E-state index contributed by atoms with van der Waals surface area (Å²) in [5, 5.41) is 0. The second-order valence-electron chi connectivity index (χ2n) is 4.64. The molecule has 19 heavy (non-hydrogen) atoms. The lowest BCUT2D eigenvalue weighted by molar-refractivity contribution is -0.127. The van der Waals surface area contributed by atoms with Crippen molar-refractivity contribution in [2.24, 2.45) is 0 Å². The van der Waals surface area contributed by atoms with Gasteiger partial charge in [0.15, 0.2) is 9.84 Å². The number of hydrogen-bond acceptors (Lipinski definition) is 5. The molecule has 0 unspecified atom stereocenters. The molecule has 1 aromatic carbocycles. The van der Waals surface area contributed by atoms with Crippen LogP contribution in [0.5, 0.6) is 0 Å². The first-order chi connectivity index (χ1) is 8.62. The van der Waals surface area contributed by atoms with E-state index in [0.29, 0.717) is 11.4 Å². The summed E-state index contributed by atoms with van der Waals surface area (Å²) in [4.78, 5) is 14.9. The average molecular weight is 285 g/mol. The number of anilines is 2. The van der Waals surface area contributed by atoms with Crippen LogP contribution in [0.25, 0.3) is 0 Å². The monoisotopic (exact) mass is 285 g/mol. The highest BCUT2D eigenvalue weighted by molar-refractivity contribution is 7.90. The maximum absolute atomic E-state index is 11.6. The van der Waals surface area contributed by atoms with Gasteiger partial charge in [0, 0.05) is 27.4 Å². The Kier molecular flexibility index (Phi) is 4.41. The average Bonchev–Trinajstić information content (AvgIpc) is 2.27. The number of benzene rings is 1. The summed E-state index contributed by atoms with van der Waals surface area (Å²) < 4.78 is 22.8. The second-order valence-corrected chi connectivity index (χ2v) is 6.65. The van der Waals surface area contributed by atoms with Crippen molar-refractivity contribution in [2.75, 3.05) is 44.6 Å². The SMILES string of the molecule is CN(C)C(=O)CN(C)c1ccc(S(C)(=O)=O)cc1N. The van der Waals surface area contributed by atoms with Gasteiger partial charge in [-0.3, -0.25) is 4.79 Å². The molecule has 1 aromatic rings. The van der Waals surface area contributed by atoms with Gasteiger partial charge in [-0.25, -0.2) is 8.42 Å². The Morgan fingerprint density at radius 3 is 2.26 bits per heavy atom. The number of carbonyl (C=O) groups is 1. The van der Waals surface area contributed by atoms with Gasteiger partial charge in [-0.15, -0.1) is 0 Å². The number of sulfone groups is 1. The molecule has 1 rings (SSSR count). The van der Waals surface area contributed by atoms with Gasteiger partial charge in [-0.05, 0) is 18.2 Å². The van der Waals surface area contributed by atoms with E-state index in [1.807, 2.05) is 0 Å². The second kappa shape index (κ2) is 5.48. The highest BCUT2D eigenvalue weighted by Gasteiger charge is 2.14. The van der Waals surface area contributed by atoms with Gasteiger partial charge in [-0.2, -0.15) is 0 Å². The molecule has 0 atom stereocenters. The number of hydrogen-bond donors (Lipinski definition) is 1. The molecule has 0 aliphatic rings. The van der Waals surface area contributed by atoms with E-state index in [1.54, 1.807) is 32.1 Å². The van der Waals surface area contributed by atoms with E-state index in [9.17, 15) is 13.2 Å². The van der Waals surface area contributed by atoms with Crippen molar-refractivity contribution in [1.82, 2.24) is 4.90 Å². The number of likely N-dealkylation sites (N-methyl/N-ethyl adjacent to an activating group) is 2. The van der Waals surface area contributed by atoms with Crippen molar-refractivity contribution < 1.29 is 13.2 Å². The number of carbonyl (C=O) groups excluding carboxylic acids is 1. The molecule has 0 aliphatic heterocycles. The molecule has 0 spiro atoms. The van der Waals surface area contributed by atoms with E-state index >= 15 is 0 Å². The van der Waals surface area contributed by atoms with E-state index in [-0.39, 0.29) is 17.3 Å². The smallest absolute Gasteiger partial charge is 0.241 e. The molecule has 6 nitrogen and oxygen atoms in total. The highest BCUT2D eigenvalue weighted by Crippen LogP contribution is 2.25. The normalized spacial score (nSPS) is 11.2. The minimum atomic E-state index is -3.28. The third-order valence-electron chi connectivity index (χ3n) is 2.71. The maximum Gasteiger partial charge on any atom is 0.241 e. The Morgan fingerprint density at radius 2 is 1.84 bits per heavy atom. The summed E-state index contributed by atoms with van der Waals surface area (Å²) in [6.07, 6.45) is 1.13. The van der Waals surface area contributed by atoms with Gasteiger partial charge in [0.05, 0.1) is 22.8 Å². The van der Waals surface area contributed by atoms with Gasteiger partial charge in [-0.1, -0.05) is 0 Å². The Bertz CT molecular complexity index is 582. The molecule has 0 aliphatic carbocycles. The predicted octanol–water partition coefficient (Wildman–Crippen LogP) is 0.197. The van der Waals surface area contributed by atoms with Crippen molar-refractivity contribution in [3.63, 3.8) is 0 Å². The lowest BCUT2D eigenvalue weighted by atomic mass is 10.2. The third kappa shape index (κ3) is 3.85. The minimum Gasteiger partial charge on any atom is -0.397 e. The van der Waals surface area contributed by atoms with Gasteiger partial charge < -0.3 is 15.5 Å². The van der Waals surface area contributed by atoms with E-state index in [2.05, 4.69) is 0 Å². The van der Waals surface area contributed by atoms with Crippen LogP contribution in [0.4, 0.5) is 11.4 Å². The quantitative estimate of drug-likeness (QED) is 0.799. The Hall–Kier alpha value is -1.76. The summed E-state index contributed by atoms with van der Waals surface area (Å²) in [5.74, 6) is -0.0610. The fourth-order valence-electron chi connectivity index (χ4n) is 1.54. The van der Waals surface area contributed by atoms with Crippen LogP contribution in [-0.4, -0.2) is 53.2 Å². The number of nitrogens with two attached hydrogens (primary N) is 1. The molecule has 0 heterocycles. The van der Waals surface area contributed by atoms with Gasteiger partial charge >= 0.3 is 0 Å². The van der Waals surface area contributed by atoms with Crippen molar-refractivity contribution in [3.8, 4) is 0 Å². The van der Waals surface area contributed by atoms with E-state index in [1.165, 1.54) is 17.0 Å². The van der Waals surface area contributed by atoms with Crippen molar-refractivity contribution in [3.05, 3.63) is 18.2 Å². The number of nitrogen functional groups attached to an aromatic ring is 1. The van der Waals surface area contributed by atoms with Crippen LogP contribution >= 0.6 is 0 Å². The molecule has 0 radical (unpaired) electrons. The van der Waals surface area contributed by atoms with Crippen LogP contribution in [0.2, 0.25) is 0 Å². The molecule has 7 heteroatoms. The number of amides is 1. The molecule has 0 bridgehead atoms. The number of nitrogens with zero attached hydrogens (tertiary/aromatic N) is 2. The fraction of sp³-hybridized carbons (Fsp3) is 0.417. The summed E-state index contributed by atoms with van der Waals surface area (Å²) in [5.41, 5.74) is 6.80. The lowest BCUT2D eigenvalue weighted by Gasteiger charge is -2.22. The third-order valence-corrected chi connectivity index (χ3v) is 3.82. The van der Waals surface area contributed by atoms with E-state index < -0.39 is 9.84 Å². The largest absolute Gasteiger partial charge is 0.397 e.